The van der Waals surface area contributed by atoms with Crippen LogP contribution in [0, 0.1) is 11.8 Å². The minimum atomic E-state index is 0. The molecule has 7 heteroatoms. The molecule has 2 atom stereocenters. The van der Waals surface area contributed by atoms with Gasteiger partial charge < -0.3 is 10.2 Å². The van der Waals surface area contributed by atoms with Gasteiger partial charge in [0.05, 0.1) is 17.4 Å². The Kier molecular flexibility index (Phi) is 4.62. The van der Waals surface area contributed by atoms with Crippen LogP contribution in [0.1, 0.15) is 10.4 Å². The molecule has 23 heavy (non-hydrogen) atoms. The third kappa shape index (κ3) is 3.09. The highest BCUT2D eigenvalue weighted by molar-refractivity contribution is 6.30. The zero-order valence-electron chi connectivity index (χ0n) is 12.5. The molecule has 1 aromatic carbocycles. The van der Waals surface area contributed by atoms with Crippen molar-refractivity contribution in [2.45, 2.75) is 0 Å². The van der Waals surface area contributed by atoms with E-state index in [1.54, 1.807) is 17.1 Å². The molecule has 0 radical (unpaired) electrons. The Morgan fingerprint density at radius 2 is 2.00 bits per heavy atom. The van der Waals surface area contributed by atoms with Crippen LogP contribution in [0.5, 0.6) is 0 Å². The molecule has 0 saturated carbocycles. The van der Waals surface area contributed by atoms with Crippen LogP contribution in [0.25, 0.3) is 5.69 Å². The molecule has 2 aromatic rings. The Labute approximate surface area is 146 Å². The summed E-state index contributed by atoms with van der Waals surface area (Å²) in [4.78, 5) is 14.6. The second kappa shape index (κ2) is 6.51. The normalized spacial score (nSPS) is 22.7. The molecule has 1 aromatic heterocycles. The fourth-order valence-electron chi connectivity index (χ4n) is 3.40. The Balaban J connectivity index is 0.00000156. The summed E-state index contributed by atoms with van der Waals surface area (Å²) >= 11 is 6.00. The van der Waals surface area contributed by atoms with Gasteiger partial charge in [-0.2, -0.15) is 5.10 Å². The first-order valence-electron chi connectivity index (χ1n) is 7.51. The highest BCUT2D eigenvalue weighted by atomic mass is 35.5. The number of amides is 1. The molecule has 1 amide bonds. The van der Waals surface area contributed by atoms with E-state index < -0.39 is 0 Å². The number of carbonyl (C=O) groups excluding carboxylic acids is 1. The molecular formula is C16H18Cl2N4O. The molecule has 3 heterocycles. The van der Waals surface area contributed by atoms with E-state index in [4.69, 9.17) is 11.6 Å². The Morgan fingerprint density at radius 3 is 2.70 bits per heavy atom. The first kappa shape index (κ1) is 16.3. The maximum absolute atomic E-state index is 12.6. The fraction of sp³-hybridized carbons (Fsp3) is 0.375. The Bertz CT molecular complexity index is 706. The smallest absolute Gasteiger partial charge is 0.257 e. The highest BCUT2D eigenvalue weighted by Gasteiger charge is 2.38. The second-order valence-electron chi connectivity index (χ2n) is 6.04. The number of benzene rings is 1. The Morgan fingerprint density at radius 1 is 1.26 bits per heavy atom. The minimum Gasteiger partial charge on any atom is -0.338 e. The number of hydrogen-bond acceptors (Lipinski definition) is 3. The predicted molar refractivity (Wildman–Crippen MR) is 91.6 cm³/mol. The van der Waals surface area contributed by atoms with Gasteiger partial charge in [0.25, 0.3) is 5.91 Å². The van der Waals surface area contributed by atoms with Crippen molar-refractivity contribution in [1.82, 2.24) is 20.0 Å². The number of hydrogen-bond donors (Lipinski definition) is 1. The van der Waals surface area contributed by atoms with Crippen molar-refractivity contribution in [2.24, 2.45) is 11.8 Å². The number of rotatable bonds is 2. The van der Waals surface area contributed by atoms with E-state index in [2.05, 4.69) is 10.4 Å². The van der Waals surface area contributed by atoms with Crippen molar-refractivity contribution in [3.63, 3.8) is 0 Å². The number of nitrogens with one attached hydrogen (secondary N) is 1. The highest BCUT2D eigenvalue weighted by Crippen LogP contribution is 2.27. The monoisotopic (exact) mass is 352 g/mol. The molecule has 2 aliphatic rings. The quantitative estimate of drug-likeness (QED) is 0.901. The minimum absolute atomic E-state index is 0. The predicted octanol–water partition coefficient (Wildman–Crippen LogP) is 2.24. The first-order chi connectivity index (χ1) is 10.7. The molecule has 2 saturated heterocycles. The molecular weight excluding hydrogens is 335 g/mol. The lowest BCUT2D eigenvalue weighted by Gasteiger charge is -2.16. The lowest BCUT2D eigenvalue weighted by molar-refractivity contribution is 0.0781. The molecule has 0 unspecified atom stereocenters. The molecule has 5 nitrogen and oxygen atoms in total. The van der Waals surface area contributed by atoms with E-state index in [1.165, 1.54) is 0 Å². The van der Waals surface area contributed by atoms with Gasteiger partial charge in [-0.3, -0.25) is 4.79 Å². The molecule has 2 aliphatic heterocycles. The van der Waals surface area contributed by atoms with Gasteiger partial charge in [-0.1, -0.05) is 17.7 Å². The van der Waals surface area contributed by atoms with Gasteiger partial charge in [0, 0.05) is 37.4 Å². The topological polar surface area (TPSA) is 50.2 Å². The van der Waals surface area contributed by atoms with Crippen LogP contribution in [0.2, 0.25) is 5.02 Å². The zero-order valence-corrected chi connectivity index (χ0v) is 14.1. The van der Waals surface area contributed by atoms with Crippen LogP contribution >= 0.6 is 24.0 Å². The average molecular weight is 353 g/mol. The lowest BCUT2D eigenvalue weighted by atomic mass is 10.0. The number of fused-ring (bicyclic) bond motifs is 1. The van der Waals surface area contributed by atoms with Gasteiger partial charge in [-0.15, -0.1) is 12.4 Å². The fourth-order valence-corrected chi connectivity index (χ4v) is 3.58. The Hall–Kier alpha value is -1.56. The first-order valence-corrected chi connectivity index (χ1v) is 7.89. The van der Waals surface area contributed by atoms with Gasteiger partial charge in [-0.25, -0.2) is 4.68 Å². The number of halogens is 2. The lowest BCUT2D eigenvalue weighted by Crippen LogP contribution is -2.31. The molecule has 0 spiro atoms. The zero-order chi connectivity index (χ0) is 15.1. The molecule has 0 bridgehead atoms. The third-order valence-electron chi connectivity index (χ3n) is 4.58. The summed E-state index contributed by atoms with van der Waals surface area (Å²) < 4.78 is 1.69. The van der Waals surface area contributed by atoms with Crippen LogP contribution in [0.4, 0.5) is 0 Å². The molecule has 122 valence electrons. The number of likely N-dealkylation sites (tertiary alicyclic amines) is 1. The summed E-state index contributed by atoms with van der Waals surface area (Å²) in [5.74, 6) is 1.28. The van der Waals surface area contributed by atoms with Gasteiger partial charge in [0.2, 0.25) is 0 Å². The summed E-state index contributed by atoms with van der Waals surface area (Å²) in [6.45, 7) is 3.74. The molecule has 0 aliphatic carbocycles. The maximum atomic E-state index is 12.6. The summed E-state index contributed by atoms with van der Waals surface area (Å²) in [7, 11) is 0. The largest absolute Gasteiger partial charge is 0.338 e. The number of carbonyl (C=O) groups is 1. The standard InChI is InChI=1S/C16H17ClN4O.ClH/c17-14-2-1-3-15(4-14)21-10-13(7-19-21)16(22)20-8-11-5-18-6-12(11)9-20;/h1-4,7,10-12,18H,5-6,8-9H2;1H/t11-,12+;. The number of aromatic nitrogens is 2. The van der Waals surface area contributed by atoms with Crippen molar-refractivity contribution >= 4 is 29.9 Å². The van der Waals surface area contributed by atoms with Crippen molar-refractivity contribution in [1.29, 1.82) is 0 Å². The van der Waals surface area contributed by atoms with Crippen LogP contribution in [-0.2, 0) is 0 Å². The van der Waals surface area contributed by atoms with Crippen molar-refractivity contribution < 1.29 is 4.79 Å². The van der Waals surface area contributed by atoms with E-state index in [0.717, 1.165) is 31.9 Å². The van der Waals surface area contributed by atoms with Crippen LogP contribution in [0.3, 0.4) is 0 Å². The number of nitrogens with zero attached hydrogens (tertiary/aromatic N) is 3. The van der Waals surface area contributed by atoms with E-state index in [1.807, 2.05) is 29.2 Å². The molecule has 4 rings (SSSR count). The maximum Gasteiger partial charge on any atom is 0.257 e. The van der Waals surface area contributed by atoms with Gasteiger partial charge in [0.1, 0.15) is 0 Å². The SMILES string of the molecule is Cl.O=C(c1cnn(-c2cccc(Cl)c2)c1)N1C[C@H]2CNC[C@H]2C1. The van der Waals surface area contributed by atoms with Gasteiger partial charge >= 0.3 is 0 Å². The van der Waals surface area contributed by atoms with Crippen molar-refractivity contribution in [2.75, 3.05) is 26.2 Å². The summed E-state index contributed by atoms with van der Waals surface area (Å²) in [6, 6.07) is 7.43. The van der Waals surface area contributed by atoms with Crippen LogP contribution in [0.15, 0.2) is 36.7 Å². The van der Waals surface area contributed by atoms with Gasteiger partial charge in [-0.05, 0) is 30.0 Å². The van der Waals surface area contributed by atoms with Crippen molar-refractivity contribution in [3.05, 3.63) is 47.2 Å². The van der Waals surface area contributed by atoms with E-state index in [9.17, 15) is 4.79 Å². The summed E-state index contributed by atoms with van der Waals surface area (Å²) in [5.41, 5.74) is 1.49. The third-order valence-corrected chi connectivity index (χ3v) is 4.81. The van der Waals surface area contributed by atoms with Gasteiger partial charge in [0.15, 0.2) is 0 Å². The average Bonchev–Trinajstić information content (AvgIpc) is 3.22. The van der Waals surface area contributed by atoms with E-state index in [-0.39, 0.29) is 18.3 Å². The molecule has 1 N–H and O–H groups in total. The van der Waals surface area contributed by atoms with Crippen molar-refractivity contribution in [3.8, 4) is 5.69 Å². The molecule has 2 fully saturated rings. The van der Waals surface area contributed by atoms with E-state index in [0.29, 0.717) is 22.4 Å². The van der Waals surface area contributed by atoms with Crippen LogP contribution < -0.4 is 5.32 Å². The van der Waals surface area contributed by atoms with Crippen LogP contribution in [-0.4, -0.2) is 46.8 Å². The van der Waals surface area contributed by atoms with E-state index >= 15 is 0 Å². The summed E-state index contributed by atoms with van der Waals surface area (Å²) in [5, 5.41) is 8.33. The summed E-state index contributed by atoms with van der Waals surface area (Å²) in [6.07, 6.45) is 3.41. The second-order valence-corrected chi connectivity index (χ2v) is 6.48.